The van der Waals surface area contributed by atoms with Gasteiger partial charge in [-0.25, -0.2) is 0 Å². The van der Waals surface area contributed by atoms with E-state index in [1.54, 1.807) is 14.2 Å². The van der Waals surface area contributed by atoms with Crippen LogP contribution in [0.5, 0.6) is 11.5 Å². The van der Waals surface area contributed by atoms with Crippen LogP contribution >= 0.6 is 0 Å². The van der Waals surface area contributed by atoms with Gasteiger partial charge >= 0.3 is 0 Å². The molecule has 0 aliphatic carbocycles. The lowest BCUT2D eigenvalue weighted by molar-refractivity contribution is 0.219. The minimum absolute atomic E-state index is 0.119. The molecule has 2 atom stereocenters. The fraction of sp³-hybridized carbons (Fsp3) is 0.381. The number of rotatable bonds is 5. The molecule has 4 rings (SSSR count). The lowest BCUT2D eigenvalue weighted by atomic mass is 9.86. The van der Waals surface area contributed by atoms with Crippen molar-refractivity contribution < 1.29 is 9.47 Å². The molecular weight excluding hydrogens is 326 g/mol. The summed E-state index contributed by atoms with van der Waals surface area (Å²) in [5.41, 5.74) is 7.08. The van der Waals surface area contributed by atoms with Crippen LogP contribution in [0.25, 0.3) is 0 Å². The van der Waals surface area contributed by atoms with Crippen molar-refractivity contribution in [3.63, 3.8) is 0 Å². The number of likely N-dealkylation sites (tertiary alicyclic amines) is 1. The third-order valence-electron chi connectivity index (χ3n) is 5.34. The zero-order chi connectivity index (χ0) is 17.9. The average molecular weight is 351 g/mol. The van der Waals surface area contributed by atoms with Gasteiger partial charge < -0.3 is 14.9 Å². The fourth-order valence-electron chi connectivity index (χ4n) is 3.97. The number of piperidine rings is 1. The standard InChI is InChI=1S/C21H25N3O2/c1-25-16-8-9-20(26-2)17(12-16)21-18-14-24(11-10-19(18)22-23-21)13-15-6-4-3-5-7-15/h3-9,12,18,21,23H,10-11,13-14H2,1-2H3. The van der Waals surface area contributed by atoms with Crippen molar-refractivity contribution in [2.75, 3.05) is 27.3 Å². The Hall–Kier alpha value is -2.53. The molecule has 0 bridgehead atoms. The highest BCUT2D eigenvalue weighted by atomic mass is 16.5. The summed E-state index contributed by atoms with van der Waals surface area (Å²) in [6.45, 7) is 3.02. The van der Waals surface area contributed by atoms with Gasteiger partial charge in [-0.15, -0.1) is 0 Å². The molecule has 5 nitrogen and oxygen atoms in total. The summed E-state index contributed by atoms with van der Waals surface area (Å²) < 4.78 is 11.0. The summed E-state index contributed by atoms with van der Waals surface area (Å²) in [6, 6.07) is 16.7. The lowest BCUT2D eigenvalue weighted by Gasteiger charge is -2.34. The van der Waals surface area contributed by atoms with Gasteiger partial charge in [-0.3, -0.25) is 4.90 Å². The minimum Gasteiger partial charge on any atom is -0.497 e. The van der Waals surface area contributed by atoms with Crippen LogP contribution < -0.4 is 14.9 Å². The van der Waals surface area contributed by atoms with Crippen molar-refractivity contribution in [2.24, 2.45) is 11.0 Å². The third kappa shape index (κ3) is 3.27. The summed E-state index contributed by atoms with van der Waals surface area (Å²) >= 11 is 0. The molecule has 2 aliphatic rings. The van der Waals surface area contributed by atoms with Gasteiger partial charge in [0.05, 0.1) is 20.3 Å². The topological polar surface area (TPSA) is 46.1 Å². The van der Waals surface area contributed by atoms with Gasteiger partial charge in [-0.05, 0) is 23.8 Å². The molecule has 2 aromatic rings. The molecule has 26 heavy (non-hydrogen) atoms. The van der Waals surface area contributed by atoms with Gasteiger partial charge in [0.15, 0.2) is 0 Å². The number of hydrogen-bond acceptors (Lipinski definition) is 5. The van der Waals surface area contributed by atoms with Crippen molar-refractivity contribution >= 4 is 5.71 Å². The molecule has 0 spiro atoms. The van der Waals surface area contributed by atoms with Gasteiger partial charge in [0.2, 0.25) is 0 Å². The predicted octanol–water partition coefficient (Wildman–Crippen LogP) is 3.23. The molecule has 1 N–H and O–H groups in total. The summed E-state index contributed by atoms with van der Waals surface area (Å²) in [5.74, 6) is 2.07. The average Bonchev–Trinajstić information content (AvgIpc) is 3.11. The summed E-state index contributed by atoms with van der Waals surface area (Å²) in [5, 5.41) is 4.63. The van der Waals surface area contributed by atoms with Crippen LogP contribution in [0.15, 0.2) is 53.6 Å². The first kappa shape index (κ1) is 16.9. The Balaban J connectivity index is 1.55. The van der Waals surface area contributed by atoms with Crippen LogP contribution in [0.4, 0.5) is 0 Å². The SMILES string of the molecule is COc1ccc(OC)c(C2NN=C3CCN(Cc4ccccc4)CC32)c1. The van der Waals surface area contributed by atoms with Crippen LogP contribution in [0.2, 0.25) is 0 Å². The first-order valence-electron chi connectivity index (χ1n) is 9.08. The van der Waals surface area contributed by atoms with E-state index in [-0.39, 0.29) is 6.04 Å². The second-order valence-electron chi connectivity index (χ2n) is 6.89. The first-order chi connectivity index (χ1) is 12.8. The van der Waals surface area contributed by atoms with Crippen LogP contribution in [-0.4, -0.2) is 37.9 Å². The smallest absolute Gasteiger partial charge is 0.124 e. The van der Waals surface area contributed by atoms with E-state index in [2.05, 4.69) is 51.8 Å². The van der Waals surface area contributed by atoms with E-state index >= 15 is 0 Å². The van der Waals surface area contributed by atoms with Crippen molar-refractivity contribution in [3.05, 3.63) is 59.7 Å². The monoisotopic (exact) mass is 351 g/mol. The van der Waals surface area contributed by atoms with E-state index < -0.39 is 0 Å². The van der Waals surface area contributed by atoms with Crippen LogP contribution in [-0.2, 0) is 6.54 Å². The Morgan fingerprint density at radius 3 is 2.73 bits per heavy atom. The number of methoxy groups -OCH3 is 2. The molecule has 0 saturated carbocycles. The summed E-state index contributed by atoms with van der Waals surface area (Å²) in [6.07, 6.45) is 1.01. The summed E-state index contributed by atoms with van der Waals surface area (Å²) in [4.78, 5) is 2.52. The first-order valence-corrected chi connectivity index (χ1v) is 9.08. The second kappa shape index (κ2) is 7.38. The number of nitrogens with zero attached hydrogens (tertiary/aromatic N) is 2. The van der Waals surface area contributed by atoms with E-state index in [0.29, 0.717) is 5.92 Å². The quantitative estimate of drug-likeness (QED) is 0.898. The number of benzene rings is 2. The number of nitrogens with one attached hydrogen (secondary N) is 1. The van der Waals surface area contributed by atoms with Crippen molar-refractivity contribution in [2.45, 2.75) is 19.0 Å². The van der Waals surface area contributed by atoms with Crippen LogP contribution in [0.3, 0.4) is 0 Å². The maximum absolute atomic E-state index is 5.60. The molecule has 136 valence electrons. The maximum atomic E-state index is 5.60. The van der Waals surface area contributed by atoms with E-state index in [0.717, 1.165) is 43.1 Å². The zero-order valence-corrected chi connectivity index (χ0v) is 15.3. The molecule has 2 aromatic carbocycles. The van der Waals surface area contributed by atoms with Gasteiger partial charge in [0.1, 0.15) is 11.5 Å². The summed E-state index contributed by atoms with van der Waals surface area (Å²) in [7, 11) is 3.41. The molecular formula is C21H25N3O2. The lowest BCUT2D eigenvalue weighted by Crippen LogP contribution is -2.41. The van der Waals surface area contributed by atoms with Gasteiger partial charge in [-0.1, -0.05) is 30.3 Å². The Kier molecular flexibility index (Phi) is 4.80. The van der Waals surface area contributed by atoms with Gasteiger partial charge in [-0.2, -0.15) is 5.10 Å². The number of hydrogen-bond donors (Lipinski definition) is 1. The Labute approximate surface area is 154 Å². The molecule has 2 heterocycles. The molecule has 2 unspecified atom stereocenters. The van der Waals surface area contributed by atoms with E-state index in [1.165, 1.54) is 11.3 Å². The molecule has 0 aromatic heterocycles. The Morgan fingerprint density at radius 1 is 1.12 bits per heavy atom. The Morgan fingerprint density at radius 2 is 1.96 bits per heavy atom. The van der Waals surface area contributed by atoms with Crippen molar-refractivity contribution in [1.82, 2.24) is 10.3 Å². The van der Waals surface area contributed by atoms with E-state index in [1.807, 2.05) is 12.1 Å². The molecule has 1 saturated heterocycles. The fourth-order valence-corrected chi connectivity index (χ4v) is 3.97. The van der Waals surface area contributed by atoms with Gasteiger partial charge in [0.25, 0.3) is 0 Å². The number of ether oxygens (including phenoxy) is 2. The highest BCUT2D eigenvalue weighted by Crippen LogP contribution is 2.38. The van der Waals surface area contributed by atoms with E-state index in [9.17, 15) is 0 Å². The molecule has 1 fully saturated rings. The minimum atomic E-state index is 0.119. The van der Waals surface area contributed by atoms with Crippen molar-refractivity contribution in [3.8, 4) is 11.5 Å². The Bertz CT molecular complexity index is 791. The highest BCUT2D eigenvalue weighted by Gasteiger charge is 2.38. The van der Waals surface area contributed by atoms with Gasteiger partial charge in [0, 0.05) is 43.2 Å². The molecule has 2 aliphatic heterocycles. The molecule has 0 amide bonds. The maximum Gasteiger partial charge on any atom is 0.124 e. The highest BCUT2D eigenvalue weighted by molar-refractivity contribution is 5.90. The molecule has 5 heteroatoms. The second-order valence-corrected chi connectivity index (χ2v) is 6.89. The van der Waals surface area contributed by atoms with Crippen molar-refractivity contribution in [1.29, 1.82) is 0 Å². The zero-order valence-electron chi connectivity index (χ0n) is 15.3. The predicted molar refractivity (Wildman–Crippen MR) is 103 cm³/mol. The number of fused-ring (bicyclic) bond motifs is 1. The van der Waals surface area contributed by atoms with Crippen LogP contribution in [0.1, 0.15) is 23.6 Å². The number of hydrazone groups is 1. The van der Waals surface area contributed by atoms with Crippen LogP contribution in [0, 0.1) is 5.92 Å². The molecule has 0 radical (unpaired) electrons. The normalized spacial score (nSPS) is 22.3. The third-order valence-corrected chi connectivity index (χ3v) is 5.34. The van der Waals surface area contributed by atoms with E-state index in [4.69, 9.17) is 9.47 Å². The largest absolute Gasteiger partial charge is 0.497 e.